The first-order valence-corrected chi connectivity index (χ1v) is 7.75. The standard InChI is InChI=1S/C18H17N5O3/c1-4-16(24)21-13-7-10(5-6-15(13)26-3)12-8-11-14(9-20-12)22-23-17(11)18(25)19-2/h4-9H,1H2,2-3H3,(H,19,25)(H,21,24)(H,22,23). The number of methoxy groups -OCH3 is 1. The highest BCUT2D eigenvalue weighted by molar-refractivity contribution is 6.05. The predicted octanol–water partition coefficient (Wildman–Crippen LogP) is 2.12. The molecule has 132 valence electrons. The fraction of sp³-hybridized carbons (Fsp3) is 0.111. The van der Waals surface area contributed by atoms with Gasteiger partial charge in [-0.25, -0.2) is 0 Å². The summed E-state index contributed by atoms with van der Waals surface area (Å²) in [5.41, 5.74) is 2.81. The van der Waals surface area contributed by atoms with E-state index in [0.29, 0.717) is 33.7 Å². The fourth-order valence-electron chi connectivity index (χ4n) is 2.51. The number of carbonyl (C=O) groups is 2. The molecule has 0 bridgehead atoms. The molecule has 8 heteroatoms. The van der Waals surface area contributed by atoms with Crippen molar-refractivity contribution in [2.24, 2.45) is 0 Å². The van der Waals surface area contributed by atoms with Gasteiger partial charge in [0.15, 0.2) is 5.69 Å². The van der Waals surface area contributed by atoms with E-state index in [1.54, 1.807) is 31.4 Å². The maximum atomic E-state index is 11.9. The SMILES string of the molecule is C=CC(=O)Nc1cc(-c2cc3c(C(=O)NC)n[nH]c3cn2)ccc1OC. The lowest BCUT2D eigenvalue weighted by Gasteiger charge is -2.11. The molecule has 0 radical (unpaired) electrons. The second-order valence-electron chi connectivity index (χ2n) is 5.37. The lowest BCUT2D eigenvalue weighted by molar-refractivity contribution is -0.111. The Bertz CT molecular complexity index is 1010. The van der Waals surface area contributed by atoms with Crippen LogP contribution in [0.15, 0.2) is 43.1 Å². The number of nitrogens with one attached hydrogen (secondary N) is 3. The first-order valence-electron chi connectivity index (χ1n) is 7.75. The van der Waals surface area contributed by atoms with Gasteiger partial charge in [-0.1, -0.05) is 6.58 Å². The zero-order valence-corrected chi connectivity index (χ0v) is 14.3. The van der Waals surface area contributed by atoms with Gasteiger partial charge in [0, 0.05) is 18.0 Å². The summed E-state index contributed by atoms with van der Waals surface area (Å²) in [6, 6.07) is 7.06. The van der Waals surface area contributed by atoms with Crippen LogP contribution in [0.5, 0.6) is 5.75 Å². The number of amides is 2. The number of fused-ring (bicyclic) bond motifs is 1. The first-order chi connectivity index (χ1) is 12.6. The van der Waals surface area contributed by atoms with Crippen molar-refractivity contribution in [1.82, 2.24) is 20.5 Å². The van der Waals surface area contributed by atoms with Crippen molar-refractivity contribution in [3.8, 4) is 17.0 Å². The van der Waals surface area contributed by atoms with E-state index in [-0.39, 0.29) is 11.8 Å². The molecule has 8 nitrogen and oxygen atoms in total. The molecule has 0 spiro atoms. The van der Waals surface area contributed by atoms with Gasteiger partial charge in [-0.15, -0.1) is 0 Å². The number of carbonyl (C=O) groups excluding carboxylic acids is 2. The van der Waals surface area contributed by atoms with Gasteiger partial charge in [0.25, 0.3) is 5.91 Å². The quantitative estimate of drug-likeness (QED) is 0.610. The molecule has 0 atom stereocenters. The highest BCUT2D eigenvalue weighted by Crippen LogP contribution is 2.31. The van der Waals surface area contributed by atoms with E-state index in [1.807, 2.05) is 6.07 Å². The van der Waals surface area contributed by atoms with Gasteiger partial charge in [0.2, 0.25) is 5.91 Å². The Labute approximate surface area is 149 Å². The molecule has 3 rings (SSSR count). The normalized spacial score (nSPS) is 10.4. The van der Waals surface area contributed by atoms with Crippen LogP contribution in [-0.4, -0.2) is 41.2 Å². The Morgan fingerprint density at radius 1 is 1.31 bits per heavy atom. The minimum atomic E-state index is -0.347. The zero-order valence-electron chi connectivity index (χ0n) is 14.3. The molecule has 0 aliphatic heterocycles. The number of anilines is 1. The number of aromatic amines is 1. The average molecular weight is 351 g/mol. The molecule has 0 unspecified atom stereocenters. The van der Waals surface area contributed by atoms with E-state index in [4.69, 9.17) is 4.74 Å². The molecule has 2 aromatic heterocycles. The van der Waals surface area contributed by atoms with Crippen molar-refractivity contribution in [3.05, 3.63) is 48.8 Å². The highest BCUT2D eigenvalue weighted by atomic mass is 16.5. The Hall–Kier alpha value is -3.68. The summed E-state index contributed by atoms with van der Waals surface area (Å²) < 4.78 is 5.27. The Morgan fingerprint density at radius 2 is 2.12 bits per heavy atom. The molecule has 0 saturated carbocycles. The Kier molecular flexibility index (Phi) is 4.66. The van der Waals surface area contributed by atoms with Crippen LogP contribution in [0, 0.1) is 0 Å². The van der Waals surface area contributed by atoms with Gasteiger partial charge >= 0.3 is 0 Å². The lowest BCUT2D eigenvalue weighted by atomic mass is 10.1. The number of H-pyrrole nitrogens is 1. The van der Waals surface area contributed by atoms with Crippen LogP contribution >= 0.6 is 0 Å². The second kappa shape index (κ2) is 7.06. The van der Waals surface area contributed by atoms with Gasteiger partial charge in [-0.3, -0.25) is 19.7 Å². The number of hydrogen-bond donors (Lipinski definition) is 3. The number of rotatable bonds is 5. The maximum Gasteiger partial charge on any atom is 0.272 e. The molecular formula is C18H17N5O3. The van der Waals surface area contributed by atoms with Gasteiger partial charge in [0.1, 0.15) is 5.75 Å². The minimum Gasteiger partial charge on any atom is -0.495 e. The summed E-state index contributed by atoms with van der Waals surface area (Å²) in [7, 11) is 3.06. The molecule has 3 N–H and O–H groups in total. The van der Waals surface area contributed by atoms with E-state index >= 15 is 0 Å². The molecule has 26 heavy (non-hydrogen) atoms. The summed E-state index contributed by atoms with van der Waals surface area (Å²) in [5, 5.41) is 12.7. The molecule has 0 aliphatic rings. The molecule has 3 aromatic rings. The summed E-state index contributed by atoms with van der Waals surface area (Å²) in [5.74, 6) is -0.123. The van der Waals surface area contributed by atoms with Crippen molar-refractivity contribution < 1.29 is 14.3 Å². The molecule has 0 fully saturated rings. The van der Waals surface area contributed by atoms with Gasteiger partial charge < -0.3 is 15.4 Å². The Morgan fingerprint density at radius 3 is 2.81 bits per heavy atom. The van der Waals surface area contributed by atoms with Gasteiger partial charge in [-0.05, 0) is 30.3 Å². The molecule has 2 amide bonds. The topological polar surface area (TPSA) is 109 Å². The molecular weight excluding hydrogens is 334 g/mol. The van der Waals surface area contributed by atoms with Crippen LogP contribution in [0.2, 0.25) is 0 Å². The van der Waals surface area contributed by atoms with Crippen molar-refractivity contribution in [2.45, 2.75) is 0 Å². The van der Waals surface area contributed by atoms with Crippen LogP contribution in [-0.2, 0) is 4.79 Å². The van der Waals surface area contributed by atoms with E-state index in [2.05, 4.69) is 32.4 Å². The summed E-state index contributed by atoms with van der Waals surface area (Å²) >= 11 is 0. The van der Waals surface area contributed by atoms with Crippen molar-refractivity contribution in [3.63, 3.8) is 0 Å². The molecule has 0 aliphatic carbocycles. The van der Waals surface area contributed by atoms with Gasteiger partial charge in [0.05, 0.1) is 30.2 Å². The third-order valence-corrected chi connectivity index (χ3v) is 3.83. The Balaban J connectivity index is 2.08. The number of aromatic nitrogens is 3. The smallest absolute Gasteiger partial charge is 0.272 e. The van der Waals surface area contributed by atoms with Crippen LogP contribution in [0.4, 0.5) is 5.69 Å². The van der Waals surface area contributed by atoms with Crippen molar-refractivity contribution in [2.75, 3.05) is 19.5 Å². The van der Waals surface area contributed by atoms with E-state index < -0.39 is 0 Å². The summed E-state index contributed by atoms with van der Waals surface area (Å²) in [6.45, 7) is 3.44. The van der Waals surface area contributed by atoms with E-state index in [0.717, 1.165) is 5.56 Å². The zero-order chi connectivity index (χ0) is 18.7. The van der Waals surface area contributed by atoms with Gasteiger partial charge in [-0.2, -0.15) is 5.10 Å². The summed E-state index contributed by atoms with van der Waals surface area (Å²) in [6.07, 6.45) is 2.79. The largest absolute Gasteiger partial charge is 0.495 e. The maximum absolute atomic E-state index is 11.9. The monoisotopic (exact) mass is 351 g/mol. The molecule has 0 saturated heterocycles. The van der Waals surface area contributed by atoms with Crippen LogP contribution in [0.3, 0.4) is 0 Å². The highest BCUT2D eigenvalue weighted by Gasteiger charge is 2.15. The third kappa shape index (κ3) is 3.12. The van der Waals surface area contributed by atoms with Crippen LogP contribution < -0.4 is 15.4 Å². The lowest BCUT2D eigenvalue weighted by Crippen LogP contribution is -2.18. The molecule has 2 heterocycles. The number of benzene rings is 1. The van der Waals surface area contributed by atoms with Crippen LogP contribution in [0.25, 0.3) is 22.2 Å². The minimum absolute atomic E-state index is 0.290. The van der Waals surface area contributed by atoms with E-state index in [1.165, 1.54) is 13.2 Å². The number of pyridine rings is 1. The fourth-order valence-corrected chi connectivity index (χ4v) is 2.51. The third-order valence-electron chi connectivity index (χ3n) is 3.83. The van der Waals surface area contributed by atoms with Crippen molar-refractivity contribution in [1.29, 1.82) is 0 Å². The number of hydrogen-bond acceptors (Lipinski definition) is 5. The average Bonchev–Trinajstić information content (AvgIpc) is 3.10. The summed E-state index contributed by atoms with van der Waals surface area (Å²) in [4.78, 5) is 28.0. The predicted molar refractivity (Wildman–Crippen MR) is 98.1 cm³/mol. The number of ether oxygens (including phenoxy) is 1. The molecule has 1 aromatic carbocycles. The first kappa shape index (κ1) is 17.2. The number of nitrogens with zero attached hydrogens (tertiary/aromatic N) is 2. The van der Waals surface area contributed by atoms with Crippen LogP contribution in [0.1, 0.15) is 10.5 Å². The van der Waals surface area contributed by atoms with E-state index in [9.17, 15) is 9.59 Å². The van der Waals surface area contributed by atoms with Crippen molar-refractivity contribution >= 4 is 28.4 Å². The second-order valence-corrected chi connectivity index (χ2v) is 5.37.